The van der Waals surface area contributed by atoms with E-state index in [1.807, 2.05) is 0 Å². The average Bonchev–Trinajstić information content (AvgIpc) is 2.46. The molecule has 106 valence electrons. The maximum absolute atomic E-state index is 5.44. The van der Waals surface area contributed by atoms with Crippen LogP contribution in [0.2, 0.25) is 0 Å². The summed E-state index contributed by atoms with van der Waals surface area (Å²) >= 11 is 0. The van der Waals surface area contributed by atoms with Gasteiger partial charge in [-0.3, -0.25) is 4.90 Å². The van der Waals surface area contributed by atoms with Gasteiger partial charge in [0.05, 0.1) is 0 Å². The number of nitrogens with one attached hydrogen (secondary N) is 1. The standard InChI is InChI=1S/C15H30N2O/c1-13(12-16-14-6-4-3-5-7-14)17(2)15-8-10-18-11-9-15/h13-16H,3-12H2,1-2H3. The van der Waals surface area contributed by atoms with E-state index in [-0.39, 0.29) is 0 Å². The fourth-order valence-corrected chi connectivity index (χ4v) is 3.24. The quantitative estimate of drug-likeness (QED) is 0.815. The number of hydrogen-bond acceptors (Lipinski definition) is 3. The van der Waals surface area contributed by atoms with Crippen molar-refractivity contribution in [2.75, 3.05) is 26.8 Å². The molecule has 3 heteroatoms. The Kier molecular flexibility index (Phi) is 5.93. The third-order valence-electron chi connectivity index (χ3n) is 4.77. The summed E-state index contributed by atoms with van der Waals surface area (Å²) in [4.78, 5) is 2.55. The topological polar surface area (TPSA) is 24.5 Å². The number of nitrogens with zero attached hydrogens (tertiary/aromatic N) is 1. The molecule has 1 N–H and O–H groups in total. The van der Waals surface area contributed by atoms with Crippen LogP contribution in [0.15, 0.2) is 0 Å². The van der Waals surface area contributed by atoms with E-state index in [0.29, 0.717) is 6.04 Å². The van der Waals surface area contributed by atoms with Crippen LogP contribution in [0, 0.1) is 0 Å². The summed E-state index contributed by atoms with van der Waals surface area (Å²) in [6.45, 7) is 5.37. The third kappa shape index (κ3) is 4.22. The van der Waals surface area contributed by atoms with Crippen molar-refractivity contribution in [1.29, 1.82) is 0 Å². The van der Waals surface area contributed by atoms with Gasteiger partial charge in [0.1, 0.15) is 0 Å². The summed E-state index contributed by atoms with van der Waals surface area (Å²) in [5, 5.41) is 3.77. The van der Waals surface area contributed by atoms with Gasteiger partial charge in [0.15, 0.2) is 0 Å². The molecule has 1 aliphatic carbocycles. The summed E-state index contributed by atoms with van der Waals surface area (Å²) < 4.78 is 5.44. The minimum Gasteiger partial charge on any atom is -0.381 e. The van der Waals surface area contributed by atoms with Gasteiger partial charge in [-0.1, -0.05) is 19.3 Å². The van der Waals surface area contributed by atoms with Crippen LogP contribution in [-0.4, -0.2) is 49.8 Å². The molecule has 2 rings (SSSR count). The van der Waals surface area contributed by atoms with Crippen LogP contribution in [0.25, 0.3) is 0 Å². The fraction of sp³-hybridized carbons (Fsp3) is 1.00. The van der Waals surface area contributed by atoms with Crippen LogP contribution in [0.4, 0.5) is 0 Å². The smallest absolute Gasteiger partial charge is 0.0480 e. The van der Waals surface area contributed by atoms with Crippen LogP contribution < -0.4 is 5.32 Å². The molecule has 0 bridgehead atoms. The molecule has 0 spiro atoms. The van der Waals surface area contributed by atoms with Gasteiger partial charge in [0.2, 0.25) is 0 Å². The summed E-state index contributed by atoms with van der Waals surface area (Å²) in [5.74, 6) is 0. The molecule has 1 unspecified atom stereocenters. The molecule has 0 aromatic heterocycles. The number of hydrogen-bond donors (Lipinski definition) is 1. The second-order valence-electron chi connectivity index (χ2n) is 6.10. The molecule has 0 amide bonds. The number of ether oxygens (including phenoxy) is 1. The lowest BCUT2D eigenvalue weighted by molar-refractivity contribution is 0.0306. The number of likely N-dealkylation sites (N-methyl/N-ethyl adjacent to an activating group) is 1. The van der Waals surface area contributed by atoms with E-state index in [1.165, 1.54) is 44.9 Å². The van der Waals surface area contributed by atoms with Gasteiger partial charge in [0, 0.05) is 37.9 Å². The lowest BCUT2D eigenvalue weighted by Gasteiger charge is -2.36. The highest BCUT2D eigenvalue weighted by molar-refractivity contribution is 4.79. The van der Waals surface area contributed by atoms with Crippen LogP contribution in [0.3, 0.4) is 0 Å². The molecule has 1 saturated heterocycles. The zero-order valence-electron chi connectivity index (χ0n) is 12.2. The lowest BCUT2D eigenvalue weighted by Crippen LogP contribution is -2.47. The van der Waals surface area contributed by atoms with E-state index in [4.69, 9.17) is 4.74 Å². The highest BCUT2D eigenvalue weighted by Crippen LogP contribution is 2.18. The van der Waals surface area contributed by atoms with Gasteiger partial charge in [-0.15, -0.1) is 0 Å². The second-order valence-corrected chi connectivity index (χ2v) is 6.10. The first-order valence-corrected chi connectivity index (χ1v) is 7.80. The van der Waals surface area contributed by atoms with Gasteiger partial charge in [0.25, 0.3) is 0 Å². The zero-order chi connectivity index (χ0) is 12.8. The van der Waals surface area contributed by atoms with Crippen LogP contribution in [0.5, 0.6) is 0 Å². The van der Waals surface area contributed by atoms with E-state index in [0.717, 1.165) is 31.8 Å². The Balaban J connectivity index is 1.67. The Morgan fingerprint density at radius 1 is 1.11 bits per heavy atom. The molecular formula is C15H30N2O. The van der Waals surface area contributed by atoms with Gasteiger partial charge < -0.3 is 10.1 Å². The van der Waals surface area contributed by atoms with Gasteiger partial charge in [-0.05, 0) is 39.7 Å². The molecule has 18 heavy (non-hydrogen) atoms. The molecule has 1 saturated carbocycles. The summed E-state index contributed by atoms with van der Waals surface area (Å²) in [6.07, 6.45) is 9.44. The molecule has 1 aliphatic heterocycles. The normalized spacial score (nSPS) is 25.5. The number of rotatable bonds is 5. The lowest BCUT2D eigenvalue weighted by atomic mass is 9.95. The molecule has 2 aliphatic rings. The van der Waals surface area contributed by atoms with Crippen molar-refractivity contribution in [3.8, 4) is 0 Å². The van der Waals surface area contributed by atoms with Crippen LogP contribution in [-0.2, 0) is 4.74 Å². The zero-order valence-corrected chi connectivity index (χ0v) is 12.2. The first-order valence-electron chi connectivity index (χ1n) is 7.80. The molecule has 0 aromatic rings. The molecule has 3 nitrogen and oxygen atoms in total. The predicted molar refractivity (Wildman–Crippen MR) is 75.9 cm³/mol. The Morgan fingerprint density at radius 3 is 2.44 bits per heavy atom. The predicted octanol–water partition coefficient (Wildman–Crippen LogP) is 2.41. The van der Waals surface area contributed by atoms with E-state index in [9.17, 15) is 0 Å². The van der Waals surface area contributed by atoms with Crippen LogP contribution in [0.1, 0.15) is 51.9 Å². The van der Waals surface area contributed by atoms with E-state index >= 15 is 0 Å². The van der Waals surface area contributed by atoms with E-state index < -0.39 is 0 Å². The maximum atomic E-state index is 5.44. The van der Waals surface area contributed by atoms with E-state index in [1.54, 1.807) is 0 Å². The minimum atomic E-state index is 0.634. The first-order chi connectivity index (χ1) is 8.77. The summed E-state index contributed by atoms with van der Waals surface area (Å²) in [7, 11) is 2.28. The Labute approximate surface area is 112 Å². The van der Waals surface area contributed by atoms with Crippen molar-refractivity contribution in [1.82, 2.24) is 10.2 Å². The van der Waals surface area contributed by atoms with Gasteiger partial charge >= 0.3 is 0 Å². The first kappa shape index (κ1) is 14.3. The van der Waals surface area contributed by atoms with Crippen molar-refractivity contribution in [2.24, 2.45) is 0 Å². The summed E-state index contributed by atoms with van der Waals surface area (Å²) in [6, 6.07) is 2.14. The van der Waals surface area contributed by atoms with Crippen LogP contribution >= 0.6 is 0 Å². The van der Waals surface area contributed by atoms with E-state index in [2.05, 4.69) is 24.2 Å². The maximum Gasteiger partial charge on any atom is 0.0480 e. The van der Waals surface area contributed by atoms with Gasteiger partial charge in [-0.2, -0.15) is 0 Å². The molecule has 0 radical (unpaired) electrons. The Morgan fingerprint density at radius 2 is 1.78 bits per heavy atom. The largest absolute Gasteiger partial charge is 0.381 e. The van der Waals surface area contributed by atoms with Crippen molar-refractivity contribution >= 4 is 0 Å². The fourth-order valence-electron chi connectivity index (χ4n) is 3.24. The average molecular weight is 254 g/mol. The van der Waals surface area contributed by atoms with Gasteiger partial charge in [-0.25, -0.2) is 0 Å². The van der Waals surface area contributed by atoms with Crippen molar-refractivity contribution in [2.45, 2.75) is 70.0 Å². The molecule has 1 atom stereocenters. The third-order valence-corrected chi connectivity index (χ3v) is 4.77. The highest BCUT2D eigenvalue weighted by Gasteiger charge is 2.23. The molecule has 2 fully saturated rings. The minimum absolute atomic E-state index is 0.634. The monoisotopic (exact) mass is 254 g/mol. The second kappa shape index (κ2) is 7.46. The Bertz CT molecular complexity index is 223. The van der Waals surface area contributed by atoms with Crippen molar-refractivity contribution in [3.05, 3.63) is 0 Å². The molecular weight excluding hydrogens is 224 g/mol. The van der Waals surface area contributed by atoms with Crippen molar-refractivity contribution < 1.29 is 4.74 Å². The van der Waals surface area contributed by atoms with Crippen molar-refractivity contribution in [3.63, 3.8) is 0 Å². The molecule has 1 heterocycles. The molecule has 0 aromatic carbocycles. The highest BCUT2D eigenvalue weighted by atomic mass is 16.5. The summed E-state index contributed by atoms with van der Waals surface area (Å²) in [5.41, 5.74) is 0. The SMILES string of the molecule is CC(CNC1CCCCC1)N(C)C1CCOCC1. The Hall–Kier alpha value is -0.120.